The molecule has 120 valence electrons. The summed E-state index contributed by atoms with van der Waals surface area (Å²) < 4.78 is 27.4. The lowest BCUT2D eigenvalue weighted by Gasteiger charge is -2.28. The summed E-state index contributed by atoms with van der Waals surface area (Å²) in [5.41, 5.74) is -0.237. The van der Waals surface area contributed by atoms with Crippen molar-refractivity contribution in [2.75, 3.05) is 0 Å². The lowest BCUT2D eigenvalue weighted by atomic mass is 9.86. The van der Waals surface area contributed by atoms with E-state index in [-0.39, 0.29) is 17.5 Å². The van der Waals surface area contributed by atoms with Gasteiger partial charge in [-0.25, -0.2) is 8.78 Å². The molecule has 1 saturated carbocycles. The van der Waals surface area contributed by atoms with E-state index in [1.165, 1.54) is 13.0 Å². The van der Waals surface area contributed by atoms with Crippen LogP contribution < -0.4 is 5.32 Å². The molecule has 4 nitrogen and oxygen atoms in total. The number of aliphatic carboxylic acids is 1. The molecule has 1 aromatic carbocycles. The molecule has 2 rings (SSSR count). The van der Waals surface area contributed by atoms with Crippen molar-refractivity contribution in [1.82, 2.24) is 5.32 Å². The molecule has 1 aliphatic rings. The second-order valence-corrected chi connectivity index (χ2v) is 5.75. The van der Waals surface area contributed by atoms with Crippen LogP contribution in [0.15, 0.2) is 18.2 Å². The highest BCUT2D eigenvalue weighted by Gasteiger charge is 2.29. The number of halogens is 2. The number of carboxylic acid groups (broad SMARTS) is 1. The number of benzene rings is 1. The van der Waals surface area contributed by atoms with Crippen molar-refractivity contribution in [2.45, 2.75) is 44.6 Å². The van der Waals surface area contributed by atoms with Gasteiger partial charge in [-0.15, -0.1) is 0 Å². The molecule has 0 spiro atoms. The molecular formula is C16H19F2NO3. The van der Waals surface area contributed by atoms with Gasteiger partial charge in [-0.05, 0) is 44.7 Å². The predicted molar refractivity (Wildman–Crippen MR) is 76.3 cm³/mol. The van der Waals surface area contributed by atoms with Gasteiger partial charge in [-0.2, -0.15) is 0 Å². The van der Waals surface area contributed by atoms with Crippen molar-refractivity contribution in [3.05, 3.63) is 35.4 Å². The van der Waals surface area contributed by atoms with E-state index in [9.17, 15) is 18.4 Å². The molecule has 1 aromatic rings. The molecule has 0 aromatic heterocycles. The molecule has 1 amide bonds. The normalized spacial score (nSPS) is 22.9. The van der Waals surface area contributed by atoms with E-state index in [2.05, 4.69) is 5.32 Å². The average molecular weight is 311 g/mol. The van der Waals surface area contributed by atoms with Crippen LogP contribution in [-0.2, 0) is 9.59 Å². The molecule has 0 aliphatic heterocycles. The highest BCUT2D eigenvalue weighted by molar-refractivity contribution is 5.83. The Morgan fingerprint density at radius 1 is 1.18 bits per heavy atom. The summed E-state index contributed by atoms with van der Waals surface area (Å²) in [6.07, 6.45) is 2.13. The number of carboxylic acids is 1. The molecule has 0 heterocycles. The van der Waals surface area contributed by atoms with Crippen molar-refractivity contribution in [3.63, 3.8) is 0 Å². The maximum Gasteiger partial charge on any atom is 0.306 e. The topological polar surface area (TPSA) is 66.4 Å². The molecule has 0 radical (unpaired) electrons. The maximum absolute atomic E-state index is 13.7. The molecule has 1 fully saturated rings. The summed E-state index contributed by atoms with van der Waals surface area (Å²) in [6.45, 7) is 1.46. The van der Waals surface area contributed by atoms with Crippen LogP contribution >= 0.6 is 0 Å². The van der Waals surface area contributed by atoms with Gasteiger partial charge in [0.2, 0.25) is 5.91 Å². The summed E-state index contributed by atoms with van der Waals surface area (Å²) >= 11 is 0. The third-order valence-electron chi connectivity index (χ3n) is 4.25. The first kappa shape index (κ1) is 16.4. The first-order valence-electron chi connectivity index (χ1n) is 7.37. The van der Waals surface area contributed by atoms with Crippen LogP contribution in [0, 0.1) is 17.6 Å². The summed E-state index contributed by atoms with van der Waals surface area (Å²) in [5.74, 6) is -4.03. The number of carbonyl (C=O) groups is 2. The van der Waals surface area contributed by atoms with Gasteiger partial charge >= 0.3 is 5.97 Å². The van der Waals surface area contributed by atoms with E-state index in [0.717, 1.165) is 12.1 Å². The highest BCUT2D eigenvalue weighted by Crippen LogP contribution is 2.26. The molecule has 1 aliphatic carbocycles. The molecule has 0 bridgehead atoms. The number of amides is 1. The zero-order valence-corrected chi connectivity index (χ0v) is 12.3. The predicted octanol–water partition coefficient (Wildman–Crippen LogP) is 2.83. The Kier molecular flexibility index (Phi) is 5.11. The smallest absolute Gasteiger partial charge is 0.306 e. The number of nitrogens with one attached hydrogen (secondary N) is 1. The second-order valence-electron chi connectivity index (χ2n) is 5.75. The lowest BCUT2D eigenvalue weighted by Crippen LogP contribution is -2.40. The quantitative estimate of drug-likeness (QED) is 0.898. The van der Waals surface area contributed by atoms with Gasteiger partial charge in [-0.1, -0.05) is 6.07 Å². The van der Waals surface area contributed by atoms with E-state index in [1.807, 2.05) is 0 Å². The zero-order valence-electron chi connectivity index (χ0n) is 12.3. The fourth-order valence-electron chi connectivity index (χ4n) is 2.87. The van der Waals surface area contributed by atoms with Crippen molar-refractivity contribution in [3.8, 4) is 0 Å². The van der Waals surface area contributed by atoms with Crippen LogP contribution in [0.1, 0.15) is 44.1 Å². The Labute approximate surface area is 127 Å². The minimum atomic E-state index is -0.932. The first-order chi connectivity index (χ1) is 10.4. The number of carbonyl (C=O) groups excluding carboxylic acids is 1. The standard InChI is InChI=1S/C16H19F2NO3/c1-9(14-12(17)3-2-4-13(14)18)15(20)19-11-7-5-10(6-8-11)16(21)22/h2-4,9-11H,5-8H2,1H3,(H,19,20)(H,21,22). The maximum atomic E-state index is 13.7. The molecule has 22 heavy (non-hydrogen) atoms. The van der Waals surface area contributed by atoms with Gasteiger partial charge in [0.15, 0.2) is 0 Å². The Morgan fingerprint density at radius 3 is 2.23 bits per heavy atom. The van der Waals surface area contributed by atoms with Crippen LogP contribution in [0.2, 0.25) is 0 Å². The Morgan fingerprint density at radius 2 is 1.73 bits per heavy atom. The summed E-state index contributed by atoms with van der Waals surface area (Å²) in [5, 5.41) is 11.7. The summed E-state index contributed by atoms with van der Waals surface area (Å²) in [4.78, 5) is 23.1. The summed E-state index contributed by atoms with van der Waals surface area (Å²) in [7, 11) is 0. The fraction of sp³-hybridized carbons (Fsp3) is 0.500. The third kappa shape index (κ3) is 3.61. The van der Waals surface area contributed by atoms with E-state index in [1.54, 1.807) is 0 Å². The zero-order chi connectivity index (χ0) is 16.3. The van der Waals surface area contributed by atoms with Crippen molar-refractivity contribution in [2.24, 2.45) is 5.92 Å². The van der Waals surface area contributed by atoms with E-state index in [0.29, 0.717) is 25.7 Å². The van der Waals surface area contributed by atoms with Gasteiger partial charge in [0.05, 0.1) is 11.8 Å². The molecule has 1 atom stereocenters. The van der Waals surface area contributed by atoms with Crippen LogP contribution in [0.5, 0.6) is 0 Å². The van der Waals surface area contributed by atoms with Crippen molar-refractivity contribution in [1.29, 1.82) is 0 Å². The number of hydrogen-bond acceptors (Lipinski definition) is 2. The minimum Gasteiger partial charge on any atom is -0.481 e. The number of rotatable bonds is 4. The third-order valence-corrected chi connectivity index (χ3v) is 4.25. The Hall–Kier alpha value is -1.98. The van der Waals surface area contributed by atoms with E-state index < -0.39 is 29.4 Å². The Balaban J connectivity index is 1.97. The van der Waals surface area contributed by atoms with E-state index in [4.69, 9.17) is 5.11 Å². The van der Waals surface area contributed by atoms with Gasteiger partial charge in [-0.3, -0.25) is 9.59 Å². The SMILES string of the molecule is CC(C(=O)NC1CCC(C(=O)O)CC1)c1c(F)cccc1F. The molecule has 0 saturated heterocycles. The monoisotopic (exact) mass is 311 g/mol. The average Bonchev–Trinajstić information content (AvgIpc) is 2.47. The lowest BCUT2D eigenvalue weighted by molar-refractivity contribution is -0.142. The molecular weight excluding hydrogens is 292 g/mol. The second kappa shape index (κ2) is 6.85. The number of hydrogen-bond donors (Lipinski definition) is 2. The van der Waals surface area contributed by atoms with Crippen molar-refractivity contribution >= 4 is 11.9 Å². The molecule has 1 unspecified atom stereocenters. The largest absolute Gasteiger partial charge is 0.481 e. The fourth-order valence-corrected chi connectivity index (χ4v) is 2.87. The van der Waals surface area contributed by atoms with Crippen molar-refractivity contribution < 1.29 is 23.5 Å². The van der Waals surface area contributed by atoms with Gasteiger partial charge in [0.1, 0.15) is 11.6 Å². The summed E-state index contributed by atoms with van der Waals surface area (Å²) in [6, 6.07) is 3.37. The molecule has 6 heteroatoms. The van der Waals surface area contributed by atoms with Crippen LogP contribution in [0.3, 0.4) is 0 Å². The van der Waals surface area contributed by atoms with Gasteiger partial charge in [0.25, 0.3) is 0 Å². The molecule has 2 N–H and O–H groups in total. The Bertz CT molecular complexity index is 548. The minimum absolute atomic E-state index is 0.139. The van der Waals surface area contributed by atoms with Gasteiger partial charge in [0, 0.05) is 11.6 Å². The van der Waals surface area contributed by atoms with E-state index >= 15 is 0 Å². The van der Waals surface area contributed by atoms with Crippen LogP contribution in [-0.4, -0.2) is 23.0 Å². The first-order valence-corrected chi connectivity index (χ1v) is 7.37. The van der Waals surface area contributed by atoms with Crippen LogP contribution in [0.25, 0.3) is 0 Å². The van der Waals surface area contributed by atoms with Crippen LogP contribution in [0.4, 0.5) is 8.78 Å². The van der Waals surface area contributed by atoms with Gasteiger partial charge < -0.3 is 10.4 Å². The highest BCUT2D eigenvalue weighted by atomic mass is 19.1.